The van der Waals surface area contributed by atoms with Crippen molar-refractivity contribution in [3.8, 4) is 11.5 Å². The van der Waals surface area contributed by atoms with Crippen molar-refractivity contribution in [2.45, 2.75) is 19.3 Å². The summed E-state index contributed by atoms with van der Waals surface area (Å²) in [6, 6.07) is 7.51. The van der Waals surface area contributed by atoms with E-state index in [1.807, 2.05) is 6.08 Å². The molecule has 0 aliphatic heterocycles. The van der Waals surface area contributed by atoms with Gasteiger partial charge in [0.15, 0.2) is 11.5 Å². The van der Waals surface area contributed by atoms with Crippen LogP contribution in [0.15, 0.2) is 55.0 Å². The third kappa shape index (κ3) is 4.80. The molecule has 0 bridgehead atoms. The molecule has 0 unspecified atom stereocenters. The number of aromatic nitrogens is 2. The number of hydrogen-bond acceptors (Lipinski definition) is 5. The molecule has 0 saturated heterocycles. The maximum atomic E-state index is 13.4. The van der Waals surface area contributed by atoms with Crippen LogP contribution in [-0.4, -0.2) is 21.7 Å². The molecule has 0 saturated carbocycles. The van der Waals surface area contributed by atoms with E-state index < -0.39 is 5.82 Å². The lowest BCUT2D eigenvalue weighted by molar-refractivity contribution is 0.291. The molecule has 0 radical (unpaired) electrons. The number of rotatable bonds is 8. The number of nitrogens with zero attached hydrogens (tertiary/aromatic N) is 2. The number of halogens is 2. The van der Waals surface area contributed by atoms with E-state index in [2.05, 4.69) is 27.6 Å². The summed E-state index contributed by atoms with van der Waals surface area (Å²) in [5.74, 6) is 0.354. The molecule has 0 spiro atoms. The van der Waals surface area contributed by atoms with Crippen molar-refractivity contribution in [1.29, 1.82) is 0 Å². The van der Waals surface area contributed by atoms with E-state index in [-0.39, 0.29) is 10.8 Å². The van der Waals surface area contributed by atoms with Gasteiger partial charge in [-0.3, -0.25) is 0 Å². The number of ether oxygens (including phenoxy) is 1. The normalized spacial score (nSPS) is 10.5. The van der Waals surface area contributed by atoms with E-state index in [9.17, 15) is 9.50 Å². The van der Waals surface area contributed by atoms with E-state index >= 15 is 0 Å². The number of nitrogens with one attached hydrogen (secondary N) is 1. The summed E-state index contributed by atoms with van der Waals surface area (Å²) >= 11 is 5.84. The summed E-state index contributed by atoms with van der Waals surface area (Å²) < 4.78 is 19.1. The number of benzene rings is 2. The van der Waals surface area contributed by atoms with Crippen LogP contribution in [0.3, 0.4) is 0 Å². The second kappa shape index (κ2) is 9.22. The molecule has 3 aromatic rings. The summed E-state index contributed by atoms with van der Waals surface area (Å²) in [6.45, 7) is 3.99. The molecular weight excluding hydrogens is 381 g/mol. The van der Waals surface area contributed by atoms with Gasteiger partial charge in [-0.1, -0.05) is 18.2 Å². The minimum Gasteiger partial charge on any atom is -0.504 e. The van der Waals surface area contributed by atoms with Gasteiger partial charge in [0.25, 0.3) is 0 Å². The van der Waals surface area contributed by atoms with E-state index in [1.54, 1.807) is 12.1 Å². The third-order valence-corrected chi connectivity index (χ3v) is 4.33. The number of phenols is 1. The summed E-state index contributed by atoms with van der Waals surface area (Å²) in [4.78, 5) is 8.42. The highest BCUT2D eigenvalue weighted by Crippen LogP contribution is 2.34. The number of unbranched alkanes of at least 4 members (excludes halogenated alkanes) is 2. The standard InChI is InChI=1S/C21H19ClFN3O2/c1-2-3-4-5-6-9-28-20-11-15-18(12-19(20)27)24-13-25-21(15)26-14-7-8-17(23)16(22)10-14/h3,7-8,10-13,27H,1,4-6,9H2,(H,24,25,26). The van der Waals surface area contributed by atoms with Gasteiger partial charge in [0.05, 0.1) is 17.1 Å². The van der Waals surface area contributed by atoms with Crippen LogP contribution >= 0.6 is 11.6 Å². The van der Waals surface area contributed by atoms with Gasteiger partial charge in [-0.15, -0.1) is 5.73 Å². The fourth-order valence-electron chi connectivity index (χ4n) is 2.63. The van der Waals surface area contributed by atoms with Crippen molar-refractivity contribution < 1.29 is 14.2 Å². The summed E-state index contributed by atoms with van der Waals surface area (Å²) in [5, 5.41) is 14.0. The second-order valence-corrected chi connectivity index (χ2v) is 6.47. The highest BCUT2D eigenvalue weighted by Gasteiger charge is 2.11. The Morgan fingerprint density at radius 3 is 2.89 bits per heavy atom. The van der Waals surface area contributed by atoms with Gasteiger partial charge >= 0.3 is 0 Å². The Hall–Kier alpha value is -3.08. The molecule has 28 heavy (non-hydrogen) atoms. The zero-order valence-corrected chi connectivity index (χ0v) is 15.8. The maximum Gasteiger partial charge on any atom is 0.161 e. The number of hydrogen-bond donors (Lipinski definition) is 2. The van der Waals surface area contributed by atoms with Crippen molar-refractivity contribution in [3.05, 3.63) is 65.9 Å². The van der Waals surface area contributed by atoms with Gasteiger partial charge in [-0.2, -0.15) is 0 Å². The first-order valence-electron chi connectivity index (χ1n) is 8.75. The van der Waals surface area contributed by atoms with Crippen LogP contribution < -0.4 is 10.1 Å². The van der Waals surface area contributed by atoms with Gasteiger partial charge in [-0.25, -0.2) is 14.4 Å². The van der Waals surface area contributed by atoms with Gasteiger partial charge in [0, 0.05) is 17.1 Å². The first-order chi connectivity index (χ1) is 13.6. The molecule has 1 heterocycles. The number of anilines is 2. The molecule has 5 nitrogen and oxygen atoms in total. The molecule has 1 aromatic heterocycles. The second-order valence-electron chi connectivity index (χ2n) is 6.07. The quantitative estimate of drug-likeness (QED) is 0.372. The average Bonchev–Trinajstić information content (AvgIpc) is 2.68. The number of fused-ring (bicyclic) bond motifs is 1. The molecule has 0 aliphatic rings. The average molecular weight is 400 g/mol. The Bertz CT molecular complexity index is 1040. The number of allylic oxidation sites excluding steroid dienone is 1. The predicted octanol–water partition coefficient (Wildman–Crippen LogP) is 5.76. The van der Waals surface area contributed by atoms with Crippen LogP contribution in [0.2, 0.25) is 5.02 Å². The molecule has 144 valence electrons. The Kier molecular flexibility index (Phi) is 6.48. The Morgan fingerprint density at radius 2 is 2.11 bits per heavy atom. The van der Waals surface area contributed by atoms with Gasteiger partial charge in [0.2, 0.25) is 0 Å². The molecular formula is C21H19ClFN3O2. The molecule has 0 fully saturated rings. The van der Waals surface area contributed by atoms with Crippen molar-refractivity contribution >= 4 is 34.0 Å². The van der Waals surface area contributed by atoms with Crippen molar-refractivity contribution in [1.82, 2.24) is 9.97 Å². The molecule has 2 N–H and O–H groups in total. The van der Waals surface area contributed by atoms with E-state index in [0.717, 1.165) is 19.3 Å². The fraction of sp³-hybridized carbons (Fsp3) is 0.190. The van der Waals surface area contributed by atoms with Gasteiger partial charge < -0.3 is 15.2 Å². The van der Waals surface area contributed by atoms with Crippen LogP contribution in [0.25, 0.3) is 10.9 Å². The summed E-state index contributed by atoms with van der Waals surface area (Å²) in [7, 11) is 0. The van der Waals surface area contributed by atoms with E-state index in [1.165, 1.54) is 24.5 Å². The lowest BCUT2D eigenvalue weighted by Crippen LogP contribution is -2.00. The maximum absolute atomic E-state index is 13.4. The topological polar surface area (TPSA) is 67.3 Å². The Labute approximate surface area is 167 Å². The zero-order valence-electron chi connectivity index (χ0n) is 15.1. The monoisotopic (exact) mass is 399 g/mol. The third-order valence-electron chi connectivity index (χ3n) is 4.04. The van der Waals surface area contributed by atoms with Crippen molar-refractivity contribution in [2.24, 2.45) is 0 Å². The summed E-state index contributed by atoms with van der Waals surface area (Å²) in [5.41, 5.74) is 3.86. The molecule has 7 heteroatoms. The van der Waals surface area contributed by atoms with E-state index in [0.29, 0.717) is 34.8 Å². The minimum absolute atomic E-state index is 0.00737. The van der Waals surface area contributed by atoms with Crippen LogP contribution in [0.4, 0.5) is 15.9 Å². The molecule has 0 amide bonds. The summed E-state index contributed by atoms with van der Waals surface area (Å²) in [6.07, 6.45) is 5.92. The van der Waals surface area contributed by atoms with Crippen molar-refractivity contribution in [2.75, 3.05) is 11.9 Å². The van der Waals surface area contributed by atoms with Crippen molar-refractivity contribution in [3.63, 3.8) is 0 Å². The highest BCUT2D eigenvalue weighted by molar-refractivity contribution is 6.31. The Morgan fingerprint density at radius 1 is 1.25 bits per heavy atom. The first kappa shape index (κ1) is 19.7. The Balaban J connectivity index is 1.81. The number of phenolic OH excluding ortho intramolecular Hbond substituents is 1. The minimum atomic E-state index is -0.496. The van der Waals surface area contributed by atoms with Crippen LogP contribution in [0.1, 0.15) is 19.3 Å². The molecule has 3 rings (SSSR count). The lowest BCUT2D eigenvalue weighted by Gasteiger charge is -2.12. The van der Waals surface area contributed by atoms with Crippen LogP contribution in [0.5, 0.6) is 11.5 Å². The number of aromatic hydroxyl groups is 1. The predicted molar refractivity (Wildman–Crippen MR) is 109 cm³/mol. The lowest BCUT2D eigenvalue weighted by atomic mass is 10.2. The van der Waals surface area contributed by atoms with Crippen LogP contribution in [-0.2, 0) is 0 Å². The fourth-order valence-corrected chi connectivity index (χ4v) is 2.81. The molecule has 0 atom stereocenters. The van der Waals surface area contributed by atoms with Gasteiger partial charge in [-0.05, 0) is 49.6 Å². The van der Waals surface area contributed by atoms with Crippen LogP contribution in [0, 0.1) is 5.82 Å². The SMILES string of the molecule is C=C=CCCCCOc1cc2c(Nc3ccc(F)c(Cl)c3)ncnc2cc1O. The van der Waals surface area contributed by atoms with E-state index in [4.69, 9.17) is 16.3 Å². The van der Waals surface area contributed by atoms with Gasteiger partial charge in [0.1, 0.15) is 18.0 Å². The highest BCUT2D eigenvalue weighted by atomic mass is 35.5. The first-order valence-corrected chi connectivity index (χ1v) is 9.13. The smallest absolute Gasteiger partial charge is 0.161 e. The molecule has 0 aliphatic carbocycles. The largest absolute Gasteiger partial charge is 0.504 e. The molecule has 2 aromatic carbocycles. The zero-order chi connectivity index (χ0) is 19.9.